The minimum atomic E-state index is -0.0405. The molecule has 3 aromatic rings. The van der Waals surface area contributed by atoms with Crippen LogP contribution >= 0.6 is 0 Å². The summed E-state index contributed by atoms with van der Waals surface area (Å²) in [4.78, 5) is 31.1. The minimum Gasteiger partial charge on any atom is -0.381 e. The molecule has 8 nitrogen and oxygen atoms in total. The first kappa shape index (κ1) is 18.1. The lowest BCUT2D eigenvalue weighted by molar-refractivity contribution is -0.115. The van der Waals surface area contributed by atoms with Crippen LogP contribution < -0.4 is 10.2 Å². The van der Waals surface area contributed by atoms with Gasteiger partial charge >= 0.3 is 0 Å². The number of carbonyl (C=O) groups excluding carboxylic acids is 1. The number of anilines is 2. The number of fused-ring (bicyclic) bond motifs is 2. The number of aromatic amines is 1. The van der Waals surface area contributed by atoms with Crippen molar-refractivity contribution < 1.29 is 9.53 Å². The zero-order valence-electron chi connectivity index (χ0n) is 16.4. The highest BCUT2D eigenvalue weighted by Gasteiger charge is 2.26. The summed E-state index contributed by atoms with van der Waals surface area (Å²) in [5, 5.41) is 2.85. The maximum absolute atomic E-state index is 12.2. The summed E-state index contributed by atoms with van der Waals surface area (Å²) in [6.07, 6.45) is 6.62. The molecule has 150 valence electrons. The van der Waals surface area contributed by atoms with Crippen molar-refractivity contribution in [3.8, 4) is 11.3 Å². The van der Waals surface area contributed by atoms with Crippen LogP contribution in [0, 0.1) is 12.8 Å². The molecule has 5 rings (SSSR count). The molecule has 0 aliphatic carbocycles. The lowest BCUT2D eigenvalue weighted by Gasteiger charge is -2.31. The summed E-state index contributed by atoms with van der Waals surface area (Å²) >= 11 is 0. The molecule has 2 aromatic heterocycles. The molecule has 2 N–H and O–H groups in total. The number of hydrogen-bond donors (Lipinski definition) is 2. The lowest BCUT2D eigenvalue weighted by atomic mass is 9.96. The predicted octanol–water partition coefficient (Wildman–Crippen LogP) is 2.90. The summed E-state index contributed by atoms with van der Waals surface area (Å²) in [5.74, 6) is 1.88. The number of imidazole rings is 1. The fourth-order valence-electron chi connectivity index (χ4n) is 4.18. The number of amides is 1. The largest absolute Gasteiger partial charge is 0.381 e. The van der Waals surface area contributed by atoms with Crippen molar-refractivity contribution in [2.45, 2.75) is 26.2 Å². The molecule has 0 saturated carbocycles. The quantitative estimate of drug-likeness (QED) is 0.709. The number of benzene rings is 1. The van der Waals surface area contributed by atoms with Crippen LogP contribution in [0.15, 0.2) is 24.7 Å². The predicted molar refractivity (Wildman–Crippen MR) is 111 cm³/mol. The summed E-state index contributed by atoms with van der Waals surface area (Å²) in [7, 11) is 0. The van der Waals surface area contributed by atoms with Crippen molar-refractivity contribution >= 4 is 28.6 Å². The Bertz CT molecular complexity index is 1060. The van der Waals surface area contributed by atoms with Crippen molar-refractivity contribution in [2.75, 3.05) is 36.5 Å². The highest BCUT2D eigenvalue weighted by molar-refractivity contribution is 5.99. The molecular formula is C21H24N6O2. The molecule has 0 unspecified atom stereocenters. The fourth-order valence-corrected chi connectivity index (χ4v) is 4.18. The Morgan fingerprint density at radius 3 is 2.97 bits per heavy atom. The van der Waals surface area contributed by atoms with E-state index in [1.54, 1.807) is 12.5 Å². The number of rotatable bonds is 4. The molecule has 1 saturated heterocycles. The highest BCUT2D eigenvalue weighted by atomic mass is 16.5. The average Bonchev–Trinajstić information content (AvgIpc) is 3.22. The van der Waals surface area contributed by atoms with E-state index in [0.29, 0.717) is 18.3 Å². The van der Waals surface area contributed by atoms with Crippen LogP contribution in [0.25, 0.3) is 22.3 Å². The lowest BCUT2D eigenvalue weighted by Crippen LogP contribution is -2.40. The second kappa shape index (κ2) is 7.44. The molecule has 8 heteroatoms. The van der Waals surface area contributed by atoms with Crippen molar-refractivity contribution in [3.05, 3.63) is 30.2 Å². The number of hydrogen-bond acceptors (Lipinski definition) is 6. The SMILES string of the molecule is Cc1cc(-c2cnc3c(n2)N(CCC2CCOCC2)CC(=O)N3)cc2[nH]cnc12. The Morgan fingerprint density at radius 2 is 2.10 bits per heavy atom. The van der Waals surface area contributed by atoms with Gasteiger partial charge in [-0.05, 0) is 49.8 Å². The average molecular weight is 392 g/mol. The van der Waals surface area contributed by atoms with Gasteiger partial charge in [-0.15, -0.1) is 0 Å². The van der Waals surface area contributed by atoms with E-state index in [9.17, 15) is 4.79 Å². The van der Waals surface area contributed by atoms with Crippen molar-refractivity contribution in [1.82, 2.24) is 19.9 Å². The summed E-state index contributed by atoms with van der Waals surface area (Å²) in [6.45, 7) is 4.82. The second-order valence-corrected chi connectivity index (χ2v) is 7.83. The normalized spacial score (nSPS) is 17.4. The number of nitrogens with one attached hydrogen (secondary N) is 2. The van der Waals surface area contributed by atoms with Crippen LogP contribution in [-0.2, 0) is 9.53 Å². The van der Waals surface area contributed by atoms with Crippen LogP contribution in [0.1, 0.15) is 24.8 Å². The first-order chi connectivity index (χ1) is 14.2. The van der Waals surface area contributed by atoms with E-state index < -0.39 is 0 Å². The summed E-state index contributed by atoms with van der Waals surface area (Å²) in [5.41, 5.74) is 4.79. The van der Waals surface area contributed by atoms with E-state index in [2.05, 4.69) is 31.2 Å². The Balaban J connectivity index is 1.44. The van der Waals surface area contributed by atoms with E-state index in [1.165, 1.54) is 0 Å². The molecule has 29 heavy (non-hydrogen) atoms. The summed E-state index contributed by atoms with van der Waals surface area (Å²) < 4.78 is 5.46. The molecule has 1 aromatic carbocycles. The highest BCUT2D eigenvalue weighted by Crippen LogP contribution is 2.31. The number of H-pyrrole nitrogens is 1. The first-order valence-corrected chi connectivity index (χ1v) is 10.1. The van der Waals surface area contributed by atoms with Crippen LogP contribution in [-0.4, -0.2) is 52.1 Å². The first-order valence-electron chi connectivity index (χ1n) is 10.1. The smallest absolute Gasteiger partial charge is 0.245 e. The Kier molecular flexibility index (Phi) is 4.63. The van der Waals surface area contributed by atoms with Crippen LogP contribution in [0.2, 0.25) is 0 Å². The molecule has 0 radical (unpaired) electrons. The third kappa shape index (κ3) is 3.55. The molecule has 1 fully saturated rings. The third-order valence-electron chi connectivity index (χ3n) is 5.80. The van der Waals surface area contributed by atoms with Gasteiger partial charge in [-0.3, -0.25) is 4.79 Å². The Labute approximate surface area is 168 Å². The van der Waals surface area contributed by atoms with Gasteiger partial charge < -0.3 is 19.9 Å². The second-order valence-electron chi connectivity index (χ2n) is 7.83. The molecule has 1 amide bonds. The molecule has 2 aliphatic heterocycles. The molecule has 0 bridgehead atoms. The molecule has 4 heterocycles. The molecule has 0 spiro atoms. The van der Waals surface area contributed by atoms with Gasteiger partial charge in [-0.1, -0.05) is 0 Å². The van der Waals surface area contributed by atoms with Gasteiger partial charge in [-0.25, -0.2) is 15.0 Å². The zero-order valence-corrected chi connectivity index (χ0v) is 16.4. The third-order valence-corrected chi connectivity index (χ3v) is 5.80. The van der Waals surface area contributed by atoms with Gasteiger partial charge in [0.2, 0.25) is 5.91 Å². The van der Waals surface area contributed by atoms with E-state index in [-0.39, 0.29) is 5.91 Å². The van der Waals surface area contributed by atoms with Crippen LogP contribution in [0.5, 0.6) is 0 Å². The maximum Gasteiger partial charge on any atom is 0.245 e. The zero-order chi connectivity index (χ0) is 19.8. The number of carbonyl (C=O) groups is 1. The number of aromatic nitrogens is 4. The Hall–Kier alpha value is -3.00. The standard InChI is InChI=1S/C21H24N6O2/c1-13-8-15(9-16-19(13)24-12-23-16)17-10-22-20-21(25-17)27(11-18(28)26-20)5-2-14-3-6-29-7-4-14/h8-10,12,14H,2-7,11H2,1H3,(H,23,24)(H,22,26,28). The van der Waals surface area contributed by atoms with Gasteiger partial charge in [0.25, 0.3) is 0 Å². The number of aryl methyl sites for hydroxylation is 1. The number of nitrogens with zero attached hydrogens (tertiary/aromatic N) is 4. The molecular weight excluding hydrogens is 368 g/mol. The van der Waals surface area contributed by atoms with E-state index in [4.69, 9.17) is 9.72 Å². The van der Waals surface area contributed by atoms with E-state index in [0.717, 1.165) is 72.7 Å². The topological polar surface area (TPSA) is 96.0 Å². The van der Waals surface area contributed by atoms with Gasteiger partial charge in [0, 0.05) is 25.3 Å². The fraction of sp³-hybridized carbons (Fsp3) is 0.429. The van der Waals surface area contributed by atoms with Crippen molar-refractivity contribution in [2.24, 2.45) is 5.92 Å². The van der Waals surface area contributed by atoms with Gasteiger partial charge in [0.15, 0.2) is 11.6 Å². The molecule has 0 atom stereocenters. The van der Waals surface area contributed by atoms with Crippen molar-refractivity contribution in [1.29, 1.82) is 0 Å². The maximum atomic E-state index is 12.2. The molecule has 2 aliphatic rings. The monoisotopic (exact) mass is 392 g/mol. The Morgan fingerprint density at radius 1 is 1.24 bits per heavy atom. The van der Waals surface area contributed by atoms with Crippen molar-refractivity contribution in [3.63, 3.8) is 0 Å². The van der Waals surface area contributed by atoms with Crippen LogP contribution in [0.4, 0.5) is 11.6 Å². The summed E-state index contributed by atoms with van der Waals surface area (Å²) in [6, 6.07) is 4.12. The van der Waals surface area contributed by atoms with E-state index in [1.807, 2.05) is 13.0 Å². The minimum absolute atomic E-state index is 0.0405. The van der Waals surface area contributed by atoms with Gasteiger partial charge in [0.05, 0.1) is 35.8 Å². The van der Waals surface area contributed by atoms with Crippen LogP contribution in [0.3, 0.4) is 0 Å². The van der Waals surface area contributed by atoms with Gasteiger partial charge in [0.1, 0.15) is 0 Å². The van der Waals surface area contributed by atoms with Gasteiger partial charge in [-0.2, -0.15) is 0 Å². The van der Waals surface area contributed by atoms with E-state index >= 15 is 0 Å². The number of ether oxygens (including phenoxy) is 1.